The Labute approximate surface area is 371 Å². The van der Waals surface area contributed by atoms with E-state index >= 15 is 0 Å². The summed E-state index contributed by atoms with van der Waals surface area (Å²) in [6.45, 7) is 0. The molecular weight excluding hydrogens is 773 g/mol. The molecule has 64 heavy (non-hydrogen) atoms. The normalized spacial score (nSPS) is 11.8. The maximum absolute atomic E-state index is 2.46. The highest BCUT2D eigenvalue weighted by atomic mass is 15.1. The van der Waals surface area contributed by atoms with Crippen LogP contribution >= 0.6 is 0 Å². The Morgan fingerprint density at radius 1 is 0.250 bits per heavy atom. The second-order valence-electron chi connectivity index (χ2n) is 16.8. The van der Waals surface area contributed by atoms with Gasteiger partial charge in [-0.3, -0.25) is 0 Å². The maximum Gasteiger partial charge on any atom is 0.0542 e. The Bertz CT molecular complexity index is 3950. The van der Waals surface area contributed by atoms with Crippen molar-refractivity contribution in [2.45, 2.75) is 0 Å². The topological polar surface area (TPSA) is 8.17 Å². The van der Waals surface area contributed by atoms with E-state index < -0.39 is 0 Å². The molecule has 0 bridgehead atoms. The SMILES string of the molecule is c1ccc(-c2c(-c3ccccc3)c3cc(N(c4ccc5c(ccc6ccccc65)c4)c4ccc5c(c4)c4ccccc4n5-c4cccc5ccccc45)ccc3c3ccccc23)cc1. The number of para-hydroxylation sites is 1. The van der Waals surface area contributed by atoms with Crippen molar-refractivity contribution in [2.75, 3.05) is 4.90 Å². The summed E-state index contributed by atoms with van der Waals surface area (Å²) >= 11 is 0. The van der Waals surface area contributed by atoms with Gasteiger partial charge in [-0.1, -0.05) is 188 Å². The fourth-order valence-electron chi connectivity index (χ4n) is 10.5. The van der Waals surface area contributed by atoms with E-state index in [9.17, 15) is 0 Å². The highest BCUT2D eigenvalue weighted by Crippen LogP contribution is 2.48. The number of hydrogen-bond acceptors (Lipinski definition) is 1. The van der Waals surface area contributed by atoms with Crippen molar-refractivity contribution in [1.82, 2.24) is 4.57 Å². The van der Waals surface area contributed by atoms with E-state index in [4.69, 9.17) is 0 Å². The first-order chi connectivity index (χ1) is 31.8. The fourth-order valence-corrected chi connectivity index (χ4v) is 10.5. The Morgan fingerprint density at radius 2 is 0.719 bits per heavy atom. The molecule has 0 aliphatic heterocycles. The van der Waals surface area contributed by atoms with E-state index in [0.717, 1.165) is 17.1 Å². The van der Waals surface area contributed by atoms with Crippen LogP contribution in [0.25, 0.3) is 104 Å². The number of aromatic nitrogens is 1. The van der Waals surface area contributed by atoms with E-state index in [0.29, 0.717) is 0 Å². The van der Waals surface area contributed by atoms with Gasteiger partial charge >= 0.3 is 0 Å². The van der Waals surface area contributed by atoms with Gasteiger partial charge in [-0.05, 0) is 125 Å². The molecule has 0 unspecified atom stereocenters. The van der Waals surface area contributed by atoms with Crippen LogP contribution in [0.2, 0.25) is 0 Å². The van der Waals surface area contributed by atoms with Gasteiger partial charge < -0.3 is 9.47 Å². The Balaban J connectivity index is 1.11. The average molecular weight is 813 g/mol. The Morgan fingerprint density at radius 3 is 1.47 bits per heavy atom. The molecule has 0 amide bonds. The summed E-state index contributed by atoms with van der Waals surface area (Å²) in [4.78, 5) is 2.46. The third-order valence-corrected chi connectivity index (χ3v) is 13.3. The van der Waals surface area contributed by atoms with Crippen molar-refractivity contribution in [3.63, 3.8) is 0 Å². The molecule has 0 saturated heterocycles. The molecule has 1 aromatic heterocycles. The van der Waals surface area contributed by atoms with Crippen molar-refractivity contribution in [1.29, 1.82) is 0 Å². The minimum Gasteiger partial charge on any atom is -0.310 e. The van der Waals surface area contributed by atoms with Crippen molar-refractivity contribution < 1.29 is 0 Å². The molecule has 12 aromatic carbocycles. The summed E-state index contributed by atoms with van der Waals surface area (Å²) in [6, 6.07) is 89.2. The molecule has 2 heteroatoms. The highest BCUT2D eigenvalue weighted by Gasteiger charge is 2.22. The van der Waals surface area contributed by atoms with Crippen molar-refractivity contribution >= 4 is 92.7 Å². The molecule has 0 N–H and O–H groups in total. The number of benzene rings is 12. The monoisotopic (exact) mass is 812 g/mol. The summed E-state index contributed by atoms with van der Waals surface area (Å²) in [6.07, 6.45) is 0. The van der Waals surface area contributed by atoms with Crippen molar-refractivity contribution in [3.8, 4) is 27.9 Å². The minimum atomic E-state index is 1.09. The molecular formula is C62H40N2. The van der Waals surface area contributed by atoms with Crippen LogP contribution in [0, 0.1) is 0 Å². The second kappa shape index (κ2) is 14.6. The van der Waals surface area contributed by atoms with Crippen LogP contribution in [-0.4, -0.2) is 4.57 Å². The lowest BCUT2D eigenvalue weighted by Crippen LogP contribution is -2.10. The summed E-state index contributed by atoms with van der Waals surface area (Å²) in [5.41, 5.74) is 11.7. The maximum atomic E-state index is 2.46. The van der Waals surface area contributed by atoms with Crippen LogP contribution < -0.4 is 4.90 Å². The largest absolute Gasteiger partial charge is 0.310 e. The van der Waals surface area contributed by atoms with Gasteiger partial charge in [0.05, 0.1) is 16.7 Å². The summed E-state index contributed by atoms with van der Waals surface area (Å²) < 4.78 is 2.45. The zero-order valence-corrected chi connectivity index (χ0v) is 35.0. The average Bonchev–Trinajstić information content (AvgIpc) is 3.69. The first-order valence-corrected chi connectivity index (χ1v) is 22.1. The lowest BCUT2D eigenvalue weighted by molar-refractivity contribution is 1.20. The molecule has 13 aromatic rings. The fraction of sp³-hybridized carbons (Fsp3) is 0. The Kier molecular flexibility index (Phi) is 8.25. The van der Waals surface area contributed by atoms with Crippen molar-refractivity contribution in [3.05, 3.63) is 243 Å². The summed E-state index contributed by atoms with van der Waals surface area (Å²) in [5, 5.41) is 14.8. The quantitative estimate of drug-likeness (QED) is 0.152. The zero-order valence-electron chi connectivity index (χ0n) is 35.0. The van der Waals surface area contributed by atoms with E-state index in [-0.39, 0.29) is 0 Å². The molecule has 0 fully saturated rings. The molecule has 0 spiro atoms. The number of rotatable bonds is 6. The zero-order chi connectivity index (χ0) is 42.1. The van der Waals surface area contributed by atoms with Gasteiger partial charge in [0, 0.05) is 33.2 Å². The van der Waals surface area contributed by atoms with Crippen LogP contribution in [0.3, 0.4) is 0 Å². The van der Waals surface area contributed by atoms with E-state index in [1.54, 1.807) is 0 Å². The first-order valence-electron chi connectivity index (χ1n) is 22.1. The van der Waals surface area contributed by atoms with Crippen LogP contribution in [0.15, 0.2) is 243 Å². The molecule has 1 heterocycles. The second-order valence-corrected chi connectivity index (χ2v) is 16.8. The van der Waals surface area contributed by atoms with E-state index in [2.05, 4.69) is 252 Å². The van der Waals surface area contributed by atoms with Crippen LogP contribution in [0.4, 0.5) is 17.1 Å². The number of nitrogens with zero attached hydrogens (tertiary/aromatic N) is 2. The highest BCUT2D eigenvalue weighted by molar-refractivity contribution is 6.22. The van der Waals surface area contributed by atoms with E-state index in [1.807, 2.05) is 0 Å². The molecule has 0 saturated carbocycles. The predicted octanol–water partition coefficient (Wildman–Crippen LogP) is 17.4. The van der Waals surface area contributed by atoms with Gasteiger partial charge in [-0.2, -0.15) is 0 Å². The van der Waals surface area contributed by atoms with Gasteiger partial charge in [0.2, 0.25) is 0 Å². The van der Waals surface area contributed by atoms with Gasteiger partial charge in [0.25, 0.3) is 0 Å². The van der Waals surface area contributed by atoms with Gasteiger partial charge in [0.15, 0.2) is 0 Å². The lowest BCUT2D eigenvalue weighted by Gasteiger charge is -2.27. The van der Waals surface area contributed by atoms with Crippen LogP contribution in [0.1, 0.15) is 0 Å². The third-order valence-electron chi connectivity index (χ3n) is 13.3. The van der Waals surface area contributed by atoms with Gasteiger partial charge in [-0.15, -0.1) is 0 Å². The Hall–Kier alpha value is -8.46. The number of fused-ring (bicyclic) bond motifs is 10. The van der Waals surface area contributed by atoms with Gasteiger partial charge in [0.1, 0.15) is 0 Å². The minimum absolute atomic E-state index is 1.09. The molecule has 298 valence electrons. The molecule has 0 atom stereocenters. The predicted molar refractivity (Wildman–Crippen MR) is 274 cm³/mol. The van der Waals surface area contributed by atoms with E-state index in [1.165, 1.54) is 104 Å². The smallest absolute Gasteiger partial charge is 0.0542 e. The van der Waals surface area contributed by atoms with Gasteiger partial charge in [-0.25, -0.2) is 0 Å². The summed E-state index contributed by atoms with van der Waals surface area (Å²) in [7, 11) is 0. The number of hydrogen-bond donors (Lipinski definition) is 0. The lowest BCUT2D eigenvalue weighted by atomic mass is 9.85. The summed E-state index contributed by atoms with van der Waals surface area (Å²) in [5.74, 6) is 0. The van der Waals surface area contributed by atoms with Crippen LogP contribution in [0.5, 0.6) is 0 Å². The first kappa shape index (κ1) is 36.2. The molecule has 0 radical (unpaired) electrons. The van der Waals surface area contributed by atoms with Crippen LogP contribution in [-0.2, 0) is 0 Å². The number of anilines is 3. The molecule has 0 aliphatic rings. The molecule has 0 aliphatic carbocycles. The third kappa shape index (κ3) is 5.66. The molecule has 2 nitrogen and oxygen atoms in total. The molecule has 13 rings (SSSR count). The van der Waals surface area contributed by atoms with Crippen molar-refractivity contribution in [2.24, 2.45) is 0 Å². The standard InChI is InChI=1S/C62H40N2/c1-3-18-43(19-4-1)61-55-27-12-11-25-52(55)53-36-33-47(40-57(53)62(61)44-20-5-2-6-21-44)63(46-32-35-50-45(38-46)31-30-42-17-7-9-23-49(42)50)48-34-37-60-56(39-48)54-26-13-14-28-59(54)64(60)58-29-15-22-41-16-8-10-24-51(41)58/h1-40H.